The lowest BCUT2D eigenvalue weighted by Crippen LogP contribution is -2.42. The summed E-state index contributed by atoms with van der Waals surface area (Å²) in [7, 11) is 0. The lowest BCUT2D eigenvalue weighted by molar-refractivity contribution is -0.383. The monoisotopic (exact) mass is 536 g/mol. The van der Waals surface area contributed by atoms with Crippen molar-refractivity contribution in [3.8, 4) is 0 Å². The number of aryl methyl sites for hydroxylation is 1. The molecule has 2 fully saturated rings. The van der Waals surface area contributed by atoms with Crippen molar-refractivity contribution in [1.82, 2.24) is 9.88 Å². The number of nitro benzene ring substituents is 1. The number of hydrogen-bond acceptors (Lipinski definition) is 7. The van der Waals surface area contributed by atoms with Crippen LogP contribution in [-0.2, 0) is 12.7 Å². The van der Waals surface area contributed by atoms with Gasteiger partial charge in [-0.25, -0.2) is 4.39 Å². The van der Waals surface area contributed by atoms with Crippen molar-refractivity contribution in [1.29, 1.82) is 0 Å². The minimum Gasteiger partial charge on any atom is -0.348 e. The van der Waals surface area contributed by atoms with Crippen LogP contribution < -0.4 is 10.5 Å². The van der Waals surface area contributed by atoms with Gasteiger partial charge in [0.15, 0.2) is 5.13 Å². The minimum atomic E-state index is -4.82. The number of anilines is 1. The molecule has 0 N–H and O–H groups in total. The summed E-state index contributed by atoms with van der Waals surface area (Å²) >= 11 is 0.872. The molecular weight excluding hydrogens is 512 g/mol. The summed E-state index contributed by atoms with van der Waals surface area (Å²) in [5.74, 6) is -0.213. The van der Waals surface area contributed by atoms with Gasteiger partial charge in [0.2, 0.25) is 0 Å². The summed E-state index contributed by atoms with van der Waals surface area (Å²) in [6.45, 7) is 5.27. The van der Waals surface area contributed by atoms with Crippen molar-refractivity contribution >= 4 is 32.2 Å². The molecule has 3 aromatic rings. The molecule has 3 heterocycles. The summed E-state index contributed by atoms with van der Waals surface area (Å²) in [4.78, 5) is 31.4. The topological polar surface area (TPSA) is 79.6 Å². The second kappa shape index (κ2) is 9.32. The van der Waals surface area contributed by atoms with Crippen molar-refractivity contribution in [3.05, 3.63) is 73.3 Å². The molecule has 0 atom stereocenters. The van der Waals surface area contributed by atoms with E-state index in [2.05, 4.69) is 9.88 Å². The third-order valence-electron chi connectivity index (χ3n) is 7.42. The van der Waals surface area contributed by atoms with Crippen LogP contribution in [-0.4, -0.2) is 41.0 Å². The Hall–Kier alpha value is -3.12. The molecule has 0 unspecified atom stereocenters. The van der Waals surface area contributed by atoms with E-state index in [1.807, 2.05) is 17.9 Å². The molecule has 2 aliphatic heterocycles. The average molecular weight is 537 g/mol. The molecule has 37 heavy (non-hydrogen) atoms. The SMILES string of the molecule is Cc1ccc(F)c(CN2CCC3(CCN(c4nc(=O)c5cc(C(F)(F)F)cc([N+](=O)[O-])c5s4)CC3)C2)c1. The maximum absolute atomic E-state index is 14.2. The van der Waals surface area contributed by atoms with Gasteiger partial charge in [0.25, 0.3) is 11.2 Å². The van der Waals surface area contributed by atoms with Gasteiger partial charge in [-0.15, -0.1) is 0 Å². The van der Waals surface area contributed by atoms with E-state index in [0.717, 1.165) is 49.3 Å². The van der Waals surface area contributed by atoms with Crippen LogP contribution in [0.2, 0.25) is 0 Å². The largest absolute Gasteiger partial charge is 0.416 e. The van der Waals surface area contributed by atoms with Crippen molar-refractivity contribution in [2.24, 2.45) is 5.41 Å². The molecule has 1 aromatic heterocycles. The lowest BCUT2D eigenvalue weighted by atomic mass is 9.78. The van der Waals surface area contributed by atoms with Crippen molar-refractivity contribution in [2.75, 3.05) is 31.1 Å². The van der Waals surface area contributed by atoms with Gasteiger partial charge in [0.05, 0.1) is 15.9 Å². The van der Waals surface area contributed by atoms with Gasteiger partial charge in [-0.3, -0.25) is 19.8 Å². The number of hydrogen-bond donors (Lipinski definition) is 0. The van der Waals surface area contributed by atoms with Crippen molar-refractivity contribution in [3.63, 3.8) is 0 Å². The van der Waals surface area contributed by atoms with Crippen molar-refractivity contribution in [2.45, 2.75) is 38.9 Å². The second-order valence-corrected chi connectivity index (χ2v) is 10.9. The van der Waals surface area contributed by atoms with E-state index in [4.69, 9.17) is 0 Å². The predicted molar refractivity (Wildman–Crippen MR) is 132 cm³/mol. The average Bonchev–Trinajstić information content (AvgIpc) is 3.22. The number of piperidine rings is 1. The zero-order valence-corrected chi connectivity index (χ0v) is 20.8. The van der Waals surface area contributed by atoms with Crippen LogP contribution in [0.4, 0.5) is 28.4 Å². The fourth-order valence-electron chi connectivity index (χ4n) is 5.38. The van der Waals surface area contributed by atoms with Crippen LogP contribution in [0.1, 0.15) is 36.0 Å². The van der Waals surface area contributed by atoms with Crippen LogP contribution in [0.3, 0.4) is 0 Å². The molecule has 2 aliphatic rings. The quantitative estimate of drug-likeness (QED) is 0.248. The van der Waals surface area contributed by atoms with Gasteiger partial charge in [0, 0.05) is 37.8 Å². The fraction of sp³-hybridized carbons (Fsp3) is 0.440. The Kier molecular flexibility index (Phi) is 6.43. The zero-order chi connectivity index (χ0) is 26.5. The van der Waals surface area contributed by atoms with Crippen LogP contribution in [0.15, 0.2) is 35.1 Å². The smallest absolute Gasteiger partial charge is 0.348 e. The third kappa shape index (κ3) is 5.04. The Morgan fingerprint density at radius 3 is 2.51 bits per heavy atom. The molecular formula is C25H24F4N4O3S. The Labute approximate surface area is 213 Å². The number of alkyl halides is 3. The van der Waals surface area contributed by atoms with E-state index in [-0.39, 0.29) is 21.1 Å². The van der Waals surface area contributed by atoms with Crippen LogP contribution >= 0.6 is 11.3 Å². The summed E-state index contributed by atoms with van der Waals surface area (Å²) in [5.41, 5.74) is -1.18. The van der Waals surface area contributed by atoms with Gasteiger partial charge >= 0.3 is 6.18 Å². The zero-order valence-electron chi connectivity index (χ0n) is 20.0. The fourth-order valence-corrected chi connectivity index (χ4v) is 6.50. The first-order valence-corrected chi connectivity index (χ1v) is 12.7. The number of non-ortho nitro benzene ring substituents is 1. The van der Waals surface area contributed by atoms with Gasteiger partial charge < -0.3 is 4.90 Å². The van der Waals surface area contributed by atoms with E-state index in [1.54, 1.807) is 6.07 Å². The number of halogens is 4. The Morgan fingerprint density at radius 2 is 1.84 bits per heavy atom. The summed E-state index contributed by atoms with van der Waals surface area (Å²) in [5, 5.41) is 11.4. The van der Waals surface area contributed by atoms with E-state index in [9.17, 15) is 32.5 Å². The molecule has 0 aliphatic carbocycles. The van der Waals surface area contributed by atoms with E-state index in [1.165, 1.54) is 6.07 Å². The first-order chi connectivity index (χ1) is 17.4. The van der Waals surface area contributed by atoms with Gasteiger partial charge in [0.1, 0.15) is 10.5 Å². The standard InChI is InChI=1S/C25H24F4N4O3S/c1-15-2-3-19(26)16(10-15)13-31-7-4-24(14-31)5-8-32(9-6-24)23-30-22(34)18-11-17(25(27,28)29)12-20(33(35)36)21(18)37-23/h2-3,10-12H,4-9,13-14H2,1H3. The number of aromatic nitrogens is 1. The van der Waals surface area contributed by atoms with E-state index < -0.39 is 33.3 Å². The molecule has 0 radical (unpaired) electrons. The number of nitrogens with zero attached hydrogens (tertiary/aromatic N) is 4. The van der Waals surface area contributed by atoms with Gasteiger partial charge in [-0.1, -0.05) is 29.0 Å². The third-order valence-corrected chi connectivity index (χ3v) is 8.59. The molecule has 7 nitrogen and oxygen atoms in total. The molecule has 5 rings (SSSR count). The Morgan fingerprint density at radius 1 is 1.14 bits per heavy atom. The molecule has 0 bridgehead atoms. The molecule has 196 valence electrons. The summed E-state index contributed by atoms with van der Waals surface area (Å²) < 4.78 is 53.8. The highest BCUT2D eigenvalue weighted by molar-refractivity contribution is 7.22. The molecule has 12 heteroatoms. The summed E-state index contributed by atoms with van der Waals surface area (Å²) in [6.07, 6.45) is -2.26. The van der Waals surface area contributed by atoms with Crippen molar-refractivity contribution < 1.29 is 22.5 Å². The first kappa shape index (κ1) is 25.5. The highest BCUT2D eigenvalue weighted by atomic mass is 32.1. The normalized spacial score (nSPS) is 18.1. The van der Waals surface area contributed by atoms with E-state index >= 15 is 0 Å². The summed E-state index contributed by atoms with van der Waals surface area (Å²) in [6, 6.07) is 6.21. The number of benzene rings is 2. The van der Waals surface area contributed by atoms with Crippen LogP contribution in [0.5, 0.6) is 0 Å². The molecule has 0 amide bonds. The number of rotatable bonds is 4. The van der Waals surface area contributed by atoms with Crippen LogP contribution in [0, 0.1) is 28.3 Å². The molecule has 0 saturated carbocycles. The molecule has 2 saturated heterocycles. The number of fused-ring (bicyclic) bond motifs is 1. The highest BCUT2D eigenvalue weighted by Gasteiger charge is 2.41. The Bertz CT molecular complexity index is 1430. The first-order valence-electron chi connectivity index (χ1n) is 11.9. The molecule has 2 aromatic carbocycles. The molecule has 1 spiro atoms. The van der Waals surface area contributed by atoms with Gasteiger partial charge in [-0.05, 0) is 50.3 Å². The number of nitro groups is 1. The van der Waals surface area contributed by atoms with Gasteiger partial charge in [-0.2, -0.15) is 18.2 Å². The maximum atomic E-state index is 14.2. The van der Waals surface area contributed by atoms with Crippen LogP contribution in [0.25, 0.3) is 10.1 Å². The lowest BCUT2D eigenvalue weighted by Gasteiger charge is -2.39. The Balaban J connectivity index is 1.34. The predicted octanol–water partition coefficient (Wildman–Crippen LogP) is 5.52. The highest BCUT2D eigenvalue weighted by Crippen LogP contribution is 2.43. The van der Waals surface area contributed by atoms with E-state index in [0.29, 0.717) is 37.3 Å². The minimum absolute atomic E-state index is 0.0478. The number of likely N-dealkylation sites (tertiary alicyclic amines) is 1. The maximum Gasteiger partial charge on any atom is 0.416 e. The second-order valence-electron chi connectivity index (χ2n) is 9.97.